The molecule has 0 aliphatic heterocycles. The SMILES string of the molecule is O=C(Nc1nc2c(Cl)ccc(Cl)c2s1)c1ccccc1NS(=O)(=O)c1ccccc1. The summed E-state index contributed by atoms with van der Waals surface area (Å²) in [6, 6.07) is 17.5. The zero-order valence-electron chi connectivity index (χ0n) is 15.1. The number of anilines is 2. The Morgan fingerprint density at radius 2 is 1.57 bits per heavy atom. The van der Waals surface area contributed by atoms with E-state index in [9.17, 15) is 13.2 Å². The van der Waals surface area contributed by atoms with Crippen LogP contribution in [0.15, 0.2) is 71.6 Å². The maximum atomic E-state index is 12.9. The molecule has 0 bridgehead atoms. The molecule has 0 radical (unpaired) electrons. The van der Waals surface area contributed by atoms with Crippen molar-refractivity contribution in [2.75, 3.05) is 10.0 Å². The second-order valence-electron chi connectivity index (χ2n) is 6.14. The molecule has 4 rings (SSSR count). The van der Waals surface area contributed by atoms with Crippen LogP contribution >= 0.6 is 34.5 Å². The van der Waals surface area contributed by atoms with E-state index < -0.39 is 15.9 Å². The Bertz CT molecular complexity index is 1320. The van der Waals surface area contributed by atoms with Gasteiger partial charge in [-0.1, -0.05) is 64.9 Å². The van der Waals surface area contributed by atoms with E-state index in [2.05, 4.69) is 15.0 Å². The number of amides is 1. The van der Waals surface area contributed by atoms with E-state index in [4.69, 9.17) is 23.2 Å². The Hall–Kier alpha value is -2.65. The molecule has 30 heavy (non-hydrogen) atoms. The second-order valence-corrected chi connectivity index (χ2v) is 9.64. The molecule has 10 heteroatoms. The minimum atomic E-state index is -3.85. The summed E-state index contributed by atoms with van der Waals surface area (Å²) in [6.07, 6.45) is 0. The van der Waals surface area contributed by atoms with Crippen molar-refractivity contribution < 1.29 is 13.2 Å². The largest absolute Gasteiger partial charge is 0.298 e. The van der Waals surface area contributed by atoms with Crippen molar-refractivity contribution in [1.82, 2.24) is 4.98 Å². The Morgan fingerprint density at radius 3 is 2.30 bits per heavy atom. The average molecular weight is 478 g/mol. The molecule has 0 aliphatic rings. The van der Waals surface area contributed by atoms with Crippen molar-refractivity contribution in [3.05, 3.63) is 82.3 Å². The molecular weight excluding hydrogens is 465 g/mol. The fourth-order valence-corrected chi connectivity index (χ4v) is 5.25. The number of carbonyl (C=O) groups excluding carboxylic acids is 1. The van der Waals surface area contributed by atoms with E-state index >= 15 is 0 Å². The highest BCUT2D eigenvalue weighted by Crippen LogP contribution is 2.36. The standard InChI is InChI=1S/C20H13Cl2N3O3S2/c21-14-10-11-15(22)18-17(14)23-20(29-18)24-19(26)13-8-4-5-9-16(13)25-30(27,28)12-6-2-1-3-7-12/h1-11,25H,(H,23,24,26). The number of aromatic nitrogens is 1. The lowest BCUT2D eigenvalue weighted by Crippen LogP contribution is -2.18. The number of fused-ring (bicyclic) bond motifs is 1. The number of para-hydroxylation sites is 1. The van der Waals surface area contributed by atoms with Crippen LogP contribution in [0.3, 0.4) is 0 Å². The van der Waals surface area contributed by atoms with Gasteiger partial charge in [-0.2, -0.15) is 0 Å². The van der Waals surface area contributed by atoms with Gasteiger partial charge in [-0.05, 0) is 36.4 Å². The summed E-state index contributed by atoms with van der Waals surface area (Å²) in [6.45, 7) is 0. The topological polar surface area (TPSA) is 88.2 Å². The molecule has 2 N–H and O–H groups in total. The maximum Gasteiger partial charge on any atom is 0.261 e. The van der Waals surface area contributed by atoms with Gasteiger partial charge in [0, 0.05) is 0 Å². The third-order valence-electron chi connectivity index (χ3n) is 4.14. The van der Waals surface area contributed by atoms with Gasteiger partial charge in [-0.15, -0.1) is 0 Å². The molecule has 1 amide bonds. The van der Waals surface area contributed by atoms with Crippen molar-refractivity contribution >= 4 is 71.5 Å². The van der Waals surface area contributed by atoms with Crippen LogP contribution in [-0.4, -0.2) is 19.3 Å². The number of nitrogens with one attached hydrogen (secondary N) is 2. The quantitative estimate of drug-likeness (QED) is 0.388. The van der Waals surface area contributed by atoms with Gasteiger partial charge < -0.3 is 0 Å². The first kappa shape index (κ1) is 20.6. The Kier molecular flexibility index (Phi) is 5.66. The lowest BCUT2D eigenvalue weighted by atomic mass is 10.2. The number of nitrogens with zero attached hydrogens (tertiary/aromatic N) is 1. The molecule has 0 atom stereocenters. The smallest absolute Gasteiger partial charge is 0.261 e. The first-order chi connectivity index (χ1) is 14.3. The van der Waals surface area contributed by atoms with Gasteiger partial charge in [0.05, 0.1) is 30.9 Å². The van der Waals surface area contributed by atoms with Gasteiger partial charge in [0.2, 0.25) is 0 Å². The van der Waals surface area contributed by atoms with Crippen LogP contribution in [0.4, 0.5) is 10.8 Å². The lowest BCUT2D eigenvalue weighted by Gasteiger charge is -2.12. The van der Waals surface area contributed by atoms with Crippen LogP contribution < -0.4 is 10.0 Å². The molecule has 152 valence electrons. The highest BCUT2D eigenvalue weighted by atomic mass is 35.5. The summed E-state index contributed by atoms with van der Waals surface area (Å²) < 4.78 is 28.4. The number of halogens is 2. The maximum absolute atomic E-state index is 12.9. The van der Waals surface area contributed by atoms with Crippen LogP contribution in [0.25, 0.3) is 10.2 Å². The Balaban J connectivity index is 1.63. The Morgan fingerprint density at radius 1 is 0.900 bits per heavy atom. The molecular formula is C20H13Cl2N3O3S2. The molecule has 0 saturated heterocycles. The van der Waals surface area contributed by atoms with Gasteiger partial charge in [-0.25, -0.2) is 13.4 Å². The Labute approximate surface area is 186 Å². The summed E-state index contributed by atoms with van der Waals surface area (Å²) in [5.74, 6) is -0.521. The predicted octanol–water partition coefficient (Wildman–Crippen LogP) is 5.66. The highest BCUT2D eigenvalue weighted by molar-refractivity contribution is 7.92. The van der Waals surface area contributed by atoms with Crippen molar-refractivity contribution in [3.63, 3.8) is 0 Å². The van der Waals surface area contributed by atoms with Crippen LogP contribution in [0, 0.1) is 0 Å². The second kappa shape index (κ2) is 8.23. The summed E-state index contributed by atoms with van der Waals surface area (Å²) in [5.41, 5.74) is 0.784. The molecule has 0 aliphatic carbocycles. The normalized spacial score (nSPS) is 11.4. The first-order valence-corrected chi connectivity index (χ1v) is 11.6. The number of hydrogen-bond donors (Lipinski definition) is 2. The summed E-state index contributed by atoms with van der Waals surface area (Å²) in [4.78, 5) is 17.3. The monoisotopic (exact) mass is 477 g/mol. The van der Waals surface area contributed by atoms with Crippen molar-refractivity contribution in [1.29, 1.82) is 0 Å². The van der Waals surface area contributed by atoms with Gasteiger partial charge in [-0.3, -0.25) is 14.8 Å². The molecule has 0 spiro atoms. The molecule has 3 aromatic carbocycles. The number of rotatable bonds is 5. The number of carbonyl (C=O) groups is 1. The summed E-state index contributed by atoms with van der Waals surface area (Å²) in [7, 11) is -3.85. The predicted molar refractivity (Wildman–Crippen MR) is 121 cm³/mol. The number of benzene rings is 3. The molecule has 1 heterocycles. The lowest BCUT2D eigenvalue weighted by molar-refractivity contribution is 0.102. The third kappa shape index (κ3) is 4.13. The molecule has 0 fully saturated rings. The number of sulfonamides is 1. The van der Waals surface area contributed by atoms with Crippen LogP contribution in [0.1, 0.15) is 10.4 Å². The van der Waals surface area contributed by atoms with Crippen LogP contribution in [-0.2, 0) is 10.0 Å². The van der Waals surface area contributed by atoms with Gasteiger partial charge in [0.25, 0.3) is 15.9 Å². The zero-order valence-corrected chi connectivity index (χ0v) is 18.2. The minimum absolute atomic E-state index is 0.0932. The molecule has 0 unspecified atom stereocenters. The minimum Gasteiger partial charge on any atom is -0.298 e. The molecule has 0 saturated carbocycles. The van der Waals surface area contributed by atoms with E-state index in [0.717, 1.165) is 0 Å². The van der Waals surface area contributed by atoms with Crippen molar-refractivity contribution in [2.24, 2.45) is 0 Å². The summed E-state index contributed by atoms with van der Waals surface area (Å²) in [5, 5.41) is 3.88. The van der Waals surface area contributed by atoms with Crippen molar-refractivity contribution in [3.8, 4) is 0 Å². The average Bonchev–Trinajstić information content (AvgIpc) is 3.16. The van der Waals surface area contributed by atoms with E-state index in [1.165, 1.54) is 35.6 Å². The highest BCUT2D eigenvalue weighted by Gasteiger charge is 2.20. The van der Waals surface area contributed by atoms with E-state index in [1.807, 2.05) is 0 Å². The number of thiazole rings is 1. The molecule has 4 aromatic rings. The van der Waals surface area contributed by atoms with Crippen LogP contribution in [0.2, 0.25) is 10.0 Å². The fourth-order valence-electron chi connectivity index (χ4n) is 2.74. The van der Waals surface area contributed by atoms with E-state index in [-0.39, 0.29) is 16.1 Å². The zero-order chi connectivity index (χ0) is 21.3. The van der Waals surface area contributed by atoms with Crippen molar-refractivity contribution in [2.45, 2.75) is 4.90 Å². The summed E-state index contributed by atoms with van der Waals surface area (Å²) >= 11 is 13.5. The van der Waals surface area contributed by atoms with Gasteiger partial charge in [0.1, 0.15) is 5.52 Å². The third-order valence-corrected chi connectivity index (χ3v) is 7.25. The first-order valence-electron chi connectivity index (χ1n) is 8.58. The molecule has 1 aromatic heterocycles. The van der Waals surface area contributed by atoms with E-state index in [1.54, 1.807) is 42.5 Å². The van der Waals surface area contributed by atoms with Crippen LogP contribution in [0.5, 0.6) is 0 Å². The van der Waals surface area contributed by atoms with Gasteiger partial charge in [0.15, 0.2) is 5.13 Å². The fraction of sp³-hybridized carbons (Fsp3) is 0. The van der Waals surface area contributed by atoms with Gasteiger partial charge >= 0.3 is 0 Å². The number of hydrogen-bond acceptors (Lipinski definition) is 5. The van der Waals surface area contributed by atoms with E-state index in [0.29, 0.717) is 25.4 Å². The molecule has 6 nitrogen and oxygen atoms in total.